The van der Waals surface area contributed by atoms with Crippen molar-refractivity contribution in [1.29, 1.82) is 0 Å². The number of carbonyl (C=O) groups is 1. The number of hydrogen-bond donors (Lipinski definition) is 1. The molecule has 1 aromatic carbocycles. The molecule has 0 unspecified atom stereocenters. The molecule has 3 heteroatoms. The average Bonchev–Trinajstić information content (AvgIpc) is 3.10. The molecular formula is C12H15NO2. The van der Waals surface area contributed by atoms with Gasteiger partial charge in [-0.05, 0) is 43.0 Å². The SMILES string of the molecule is CNc1ccc(C(=O)OCC2CC2)cc1. The van der Waals surface area contributed by atoms with E-state index >= 15 is 0 Å². The molecule has 0 spiro atoms. The number of rotatable bonds is 4. The van der Waals surface area contributed by atoms with Gasteiger partial charge in [-0.2, -0.15) is 0 Å². The van der Waals surface area contributed by atoms with Gasteiger partial charge in [-0.1, -0.05) is 0 Å². The zero-order valence-corrected chi connectivity index (χ0v) is 8.82. The second-order valence-corrected chi connectivity index (χ2v) is 3.87. The van der Waals surface area contributed by atoms with Crippen molar-refractivity contribution >= 4 is 11.7 Å². The van der Waals surface area contributed by atoms with Crippen LogP contribution in [-0.4, -0.2) is 19.6 Å². The predicted molar refractivity (Wildman–Crippen MR) is 59.0 cm³/mol. The number of esters is 1. The minimum absolute atomic E-state index is 0.218. The molecule has 80 valence electrons. The minimum atomic E-state index is -0.218. The molecule has 1 saturated carbocycles. The fraction of sp³-hybridized carbons (Fsp3) is 0.417. The average molecular weight is 205 g/mol. The summed E-state index contributed by atoms with van der Waals surface area (Å²) in [5.74, 6) is 0.398. The third-order valence-corrected chi connectivity index (χ3v) is 2.56. The molecule has 1 aliphatic carbocycles. The van der Waals surface area contributed by atoms with Gasteiger partial charge in [0.25, 0.3) is 0 Å². The number of anilines is 1. The van der Waals surface area contributed by atoms with E-state index in [2.05, 4.69) is 5.32 Å². The van der Waals surface area contributed by atoms with Crippen LogP contribution in [0.2, 0.25) is 0 Å². The van der Waals surface area contributed by atoms with Crippen LogP contribution in [-0.2, 0) is 4.74 Å². The summed E-state index contributed by atoms with van der Waals surface area (Å²) in [5.41, 5.74) is 1.61. The molecule has 1 aliphatic rings. The van der Waals surface area contributed by atoms with Gasteiger partial charge in [-0.3, -0.25) is 0 Å². The molecule has 0 saturated heterocycles. The van der Waals surface area contributed by atoms with Crippen molar-refractivity contribution in [2.45, 2.75) is 12.8 Å². The molecule has 0 bridgehead atoms. The van der Waals surface area contributed by atoms with Crippen LogP contribution >= 0.6 is 0 Å². The highest BCUT2D eigenvalue weighted by Crippen LogP contribution is 2.29. The van der Waals surface area contributed by atoms with Crippen LogP contribution in [0.1, 0.15) is 23.2 Å². The van der Waals surface area contributed by atoms with Crippen LogP contribution in [0.25, 0.3) is 0 Å². The van der Waals surface area contributed by atoms with Crippen molar-refractivity contribution in [3.63, 3.8) is 0 Å². The molecule has 15 heavy (non-hydrogen) atoms. The third kappa shape index (κ3) is 2.72. The van der Waals surface area contributed by atoms with E-state index in [0.717, 1.165) is 5.69 Å². The fourth-order valence-corrected chi connectivity index (χ4v) is 1.33. The molecule has 1 aromatic rings. The van der Waals surface area contributed by atoms with Crippen molar-refractivity contribution in [3.8, 4) is 0 Å². The smallest absolute Gasteiger partial charge is 0.338 e. The summed E-state index contributed by atoms with van der Waals surface area (Å²) < 4.78 is 5.17. The van der Waals surface area contributed by atoms with Gasteiger partial charge in [-0.25, -0.2) is 4.79 Å². The lowest BCUT2D eigenvalue weighted by Gasteiger charge is -2.04. The first-order valence-corrected chi connectivity index (χ1v) is 5.24. The van der Waals surface area contributed by atoms with Crippen molar-refractivity contribution in [3.05, 3.63) is 29.8 Å². The Hall–Kier alpha value is -1.51. The van der Waals surface area contributed by atoms with Crippen molar-refractivity contribution in [2.24, 2.45) is 5.92 Å². The Bertz CT molecular complexity index is 341. The fourth-order valence-electron chi connectivity index (χ4n) is 1.33. The highest BCUT2D eigenvalue weighted by molar-refractivity contribution is 5.89. The Balaban J connectivity index is 1.91. The highest BCUT2D eigenvalue weighted by atomic mass is 16.5. The number of nitrogens with one attached hydrogen (secondary N) is 1. The molecule has 0 amide bonds. The van der Waals surface area contributed by atoms with Gasteiger partial charge < -0.3 is 10.1 Å². The molecule has 2 rings (SSSR count). The first-order valence-electron chi connectivity index (χ1n) is 5.24. The topological polar surface area (TPSA) is 38.3 Å². The standard InChI is InChI=1S/C12H15NO2/c1-13-11-6-4-10(5-7-11)12(14)15-8-9-2-3-9/h4-7,9,13H,2-3,8H2,1H3. The summed E-state index contributed by atoms with van der Waals surface area (Å²) in [6, 6.07) is 7.30. The molecule has 0 aliphatic heterocycles. The number of carbonyl (C=O) groups excluding carboxylic acids is 1. The molecule has 0 aromatic heterocycles. The maximum Gasteiger partial charge on any atom is 0.338 e. The lowest BCUT2D eigenvalue weighted by Crippen LogP contribution is -2.07. The quantitative estimate of drug-likeness (QED) is 0.766. The maximum atomic E-state index is 11.5. The van der Waals surface area contributed by atoms with Crippen LogP contribution in [0.3, 0.4) is 0 Å². The van der Waals surface area contributed by atoms with Crippen molar-refractivity contribution < 1.29 is 9.53 Å². The van der Waals surface area contributed by atoms with Gasteiger partial charge in [0.1, 0.15) is 0 Å². The summed E-state index contributed by atoms with van der Waals surface area (Å²) >= 11 is 0. The monoisotopic (exact) mass is 205 g/mol. The predicted octanol–water partition coefficient (Wildman–Crippen LogP) is 2.30. The number of hydrogen-bond acceptors (Lipinski definition) is 3. The lowest BCUT2D eigenvalue weighted by atomic mass is 10.2. The van der Waals surface area contributed by atoms with E-state index < -0.39 is 0 Å². The van der Waals surface area contributed by atoms with Gasteiger partial charge in [-0.15, -0.1) is 0 Å². The molecule has 3 nitrogen and oxygen atoms in total. The molecule has 0 atom stereocenters. The number of ether oxygens (including phenoxy) is 1. The lowest BCUT2D eigenvalue weighted by molar-refractivity contribution is 0.0486. The maximum absolute atomic E-state index is 11.5. The Kier molecular flexibility index (Phi) is 2.90. The second kappa shape index (κ2) is 4.34. The zero-order valence-electron chi connectivity index (χ0n) is 8.82. The number of benzene rings is 1. The molecule has 0 radical (unpaired) electrons. The van der Waals surface area contributed by atoms with E-state index in [4.69, 9.17) is 4.74 Å². The first-order chi connectivity index (χ1) is 7.29. The second-order valence-electron chi connectivity index (χ2n) is 3.87. The van der Waals surface area contributed by atoms with E-state index in [1.54, 1.807) is 12.1 Å². The zero-order chi connectivity index (χ0) is 10.7. The minimum Gasteiger partial charge on any atom is -0.462 e. The van der Waals surface area contributed by atoms with Gasteiger partial charge >= 0.3 is 5.97 Å². The molecule has 0 heterocycles. The Morgan fingerprint density at radius 3 is 2.60 bits per heavy atom. The van der Waals surface area contributed by atoms with E-state index in [1.807, 2.05) is 19.2 Å². The Labute approximate surface area is 89.4 Å². The van der Waals surface area contributed by atoms with E-state index in [9.17, 15) is 4.79 Å². The van der Waals surface area contributed by atoms with Crippen LogP contribution < -0.4 is 5.32 Å². The van der Waals surface area contributed by atoms with Crippen molar-refractivity contribution in [1.82, 2.24) is 0 Å². The normalized spacial score (nSPS) is 14.7. The highest BCUT2D eigenvalue weighted by Gasteiger charge is 2.23. The first kappa shape index (κ1) is 10.0. The molecule has 1 fully saturated rings. The van der Waals surface area contributed by atoms with Crippen LogP contribution in [0.4, 0.5) is 5.69 Å². The third-order valence-electron chi connectivity index (χ3n) is 2.56. The summed E-state index contributed by atoms with van der Waals surface area (Å²) in [6.07, 6.45) is 2.40. The van der Waals surface area contributed by atoms with Gasteiger partial charge in [0.05, 0.1) is 12.2 Å². The Morgan fingerprint density at radius 2 is 2.07 bits per heavy atom. The van der Waals surface area contributed by atoms with Crippen molar-refractivity contribution in [2.75, 3.05) is 19.0 Å². The van der Waals surface area contributed by atoms with Crippen LogP contribution in [0.15, 0.2) is 24.3 Å². The molecular weight excluding hydrogens is 190 g/mol. The van der Waals surface area contributed by atoms with Gasteiger partial charge in [0, 0.05) is 12.7 Å². The Morgan fingerprint density at radius 1 is 1.40 bits per heavy atom. The summed E-state index contributed by atoms with van der Waals surface area (Å²) in [5, 5.41) is 3.00. The van der Waals surface area contributed by atoms with Gasteiger partial charge in [0.15, 0.2) is 0 Å². The van der Waals surface area contributed by atoms with E-state index in [0.29, 0.717) is 18.1 Å². The largest absolute Gasteiger partial charge is 0.462 e. The molecule has 1 N–H and O–H groups in total. The van der Waals surface area contributed by atoms with E-state index in [-0.39, 0.29) is 5.97 Å². The van der Waals surface area contributed by atoms with Crippen LogP contribution in [0.5, 0.6) is 0 Å². The summed E-state index contributed by atoms with van der Waals surface area (Å²) in [6.45, 7) is 0.576. The summed E-state index contributed by atoms with van der Waals surface area (Å²) in [4.78, 5) is 11.5. The van der Waals surface area contributed by atoms with Crippen LogP contribution in [0, 0.1) is 5.92 Å². The summed E-state index contributed by atoms with van der Waals surface area (Å²) in [7, 11) is 1.85. The van der Waals surface area contributed by atoms with E-state index in [1.165, 1.54) is 12.8 Å². The van der Waals surface area contributed by atoms with Gasteiger partial charge in [0.2, 0.25) is 0 Å².